The number of nitrogens with one attached hydrogen (secondary N) is 2. The summed E-state index contributed by atoms with van der Waals surface area (Å²) in [5, 5.41) is 14.0. The zero-order valence-corrected chi connectivity index (χ0v) is 9.35. The van der Waals surface area contributed by atoms with Crippen molar-refractivity contribution in [2.45, 2.75) is 6.04 Å². The molecule has 15 heavy (non-hydrogen) atoms. The quantitative estimate of drug-likeness (QED) is 0.695. The summed E-state index contributed by atoms with van der Waals surface area (Å²) in [4.78, 5) is 22.0. The maximum Gasteiger partial charge on any atom is 0.330 e. The molecule has 0 aliphatic heterocycles. The summed E-state index contributed by atoms with van der Waals surface area (Å²) in [6.07, 6.45) is 0. The van der Waals surface area contributed by atoms with E-state index in [1.165, 1.54) is 18.4 Å². The zero-order chi connectivity index (χ0) is 11.4. The Hall–Kier alpha value is -1.11. The highest BCUT2D eigenvalue weighted by Crippen LogP contribution is 2.25. The van der Waals surface area contributed by atoms with Crippen molar-refractivity contribution in [2.24, 2.45) is 0 Å². The molecule has 0 aliphatic carbocycles. The summed E-state index contributed by atoms with van der Waals surface area (Å²) >= 11 is 6.82. The lowest BCUT2D eigenvalue weighted by Crippen LogP contribution is -2.44. The van der Waals surface area contributed by atoms with E-state index in [0.717, 1.165) is 0 Å². The number of amides is 1. The molecule has 7 heteroatoms. The molecule has 0 saturated heterocycles. The highest BCUT2D eigenvalue weighted by Gasteiger charge is 2.24. The minimum atomic E-state index is -1.26. The van der Waals surface area contributed by atoms with Crippen LogP contribution in [0.15, 0.2) is 12.1 Å². The molecule has 0 saturated carbocycles. The number of hydrogen-bond acceptors (Lipinski definition) is 4. The molecule has 1 rings (SSSR count). The molecule has 1 unspecified atom stereocenters. The summed E-state index contributed by atoms with van der Waals surface area (Å²) in [6, 6.07) is 1.97. The van der Waals surface area contributed by atoms with Gasteiger partial charge < -0.3 is 10.4 Å². The number of aliphatic carboxylic acids is 1. The monoisotopic (exact) mass is 248 g/mol. The molecule has 0 spiro atoms. The molecule has 1 aromatic rings. The van der Waals surface area contributed by atoms with Gasteiger partial charge in [-0.05, 0) is 19.2 Å². The van der Waals surface area contributed by atoms with Crippen LogP contribution in [0.3, 0.4) is 0 Å². The average Bonchev–Trinajstić information content (AvgIpc) is 2.51. The Morgan fingerprint density at radius 2 is 2.20 bits per heavy atom. The van der Waals surface area contributed by atoms with Crippen LogP contribution >= 0.6 is 22.9 Å². The molecular weight excluding hydrogens is 240 g/mol. The van der Waals surface area contributed by atoms with Gasteiger partial charge in [0.05, 0.1) is 9.34 Å². The van der Waals surface area contributed by atoms with Crippen LogP contribution in [-0.4, -0.2) is 30.1 Å². The Labute approximate surface area is 95.1 Å². The summed E-state index contributed by atoms with van der Waals surface area (Å²) in [7, 11) is 1.40. The average molecular weight is 249 g/mol. The Morgan fingerprint density at radius 3 is 2.60 bits per heavy atom. The molecule has 1 atom stereocenters. The van der Waals surface area contributed by atoms with Gasteiger partial charge in [0.25, 0.3) is 5.91 Å². The second-order valence-corrected chi connectivity index (χ2v) is 4.37. The number of likely N-dealkylation sites (N-methyl/N-ethyl adjacent to an activating group) is 1. The minimum absolute atomic E-state index is 0.520. The SMILES string of the molecule is CNC(C(=O)O)C(=O)Nc1ccc(Cl)s1. The second kappa shape index (κ2) is 5.11. The molecular formula is C8H9ClN2O3S. The molecule has 0 fully saturated rings. The third-order valence-corrected chi connectivity index (χ3v) is 2.76. The second-order valence-electron chi connectivity index (χ2n) is 2.65. The van der Waals surface area contributed by atoms with Crippen LogP contribution in [-0.2, 0) is 9.59 Å². The first-order valence-corrected chi connectivity index (χ1v) is 5.20. The van der Waals surface area contributed by atoms with Gasteiger partial charge in [-0.25, -0.2) is 4.79 Å². The molecule has 0 aliphatic rings. The van der Waals surface area contributed by atoms with E-state index in [1.54, 1.807) is 12.1 Å². The van der Waals surface area contributed by atoms with Crippen LogP contribution in [0, 0.1) is 0 Å². The summed E-state index contributed by atoms with van der Waals surface area (Å²) in [5.74, 6) is -1.85. The van der Waals surface area contributed by atoms with Gasteiger partial charge in [0.2, 0.25) is 0 Å². The summed E-state index contributed by atoms with van der Waals surface area (Å²) in [5.41, 5.74) is 0. The fourth-order valence-electron chi connectivity index (χ4n) is 0.942. The van der Waals surface area contributed by atoms with Gasteiger partial charge in [-0.3, -0.25) is 10.1 Å². The van der Waals surface area contributed by atoms with E-state index < -0.39 is 17.9 Å². The highest BCUT2D eigenvalue weighted by atomic mass is 35.5. The number of carbonyl (C=O) groups excluding carboxylic acids is 1. The van der Waals surface area contributed by atoms with E-state index in [4.69, 9.17) is 16.7 Å². The number of carboxylic acid groups (broad SMARTS) is 1. The van der Waals surface area contributed by atoms with Crippen LogP contribution in [0.25, 0.3) is 0 Å². The van der Waals surface area contributed by atoms with Crippen LogP contribution in [0.1, 0.15) is 0 Å². The van der Waals surface area contributed by atoms with Crippen LogP contribution < -0.4 is 10.6 Å². The normalized spacial score (nSPS) is 12.1. The number of rotatable bonds is 4. The number of thiophene rings is 1. The molecule has 82 valence electrons. The first kappa shape index (κ1) is 12.0. The Morgan fingerprint density at radius 1 is 1.53 bits per heavy atom. The fourth-order valence-corrected chi connectivity index (χ4v) is 1.89. The van der Waals surface area contributed by atoms with Gasteiger partial charge in [-0.2, -0.15) is 0 Å². The van der Waals surface area contributed by atoms with Gasteiger partial charge in [0.1, 0.15) is 0 Å². The first-order chi connectivity index (χ1) is 7.04. The van der Waals surface area contributed by atoms with E-state index in [9.17, 15) is 9.59 Å². The molecule has 0 radical (unpaired) electrons. The van der Waals surface area contributed by atoms with E-state index in [0.29, 0.717) is 9.34 Å². The molecule has 5 nitrogen and oxygen atoms in total. The van der Waals surface area contributed by atoms with Gasteiger partial charge in [-0.15, -0.1) is 11.3 Å². The topological polar surface area (TPSA) is 78.4 Å². The van der Waals surface area contributed by atoms with Gasteiger partial charge in [0.15, 0.2) is 6.04 Å². The van der Waals surface area contributed by atoms with Crippen molar-refractivity contribution in [3.8, 4) is 0 Å². The molecule has 3 N–H and O–H groups in total. The summed E-state index contributed by atoms with van der Waals surface area (Å²) < 4.78 is 0.529. The van der Waals surface area contributed by atoms with E-state index in [-0.39, 0.29) is 0 Å². The molecule has 0 bridgehead atoms. The molecule has 1 aromatic heterocycles. The molecule has 0 aromatic carbocycles. The van der Waals surface area contributed by atoms with Crippen LogP contribution in [0.2, 0.25) is 4.34 Å². The lowest BCUT2D eigenvalue weighted by Gasteiger charge is -2.09. The smallest absolute Gasteiger partial charge is 0.330 e. The van der Waals surface area contributed by atoms with Gasteiger partial charge in [-0.1, -0.05) is 11.6 Å². The van der Waals surface area contributed by atoms with Crippen LogP contribution in [0.4, 0.5) is 5.00 Å². The number of carbonyl (C=O) groups is 2. The Kier molecular flexibility index (Phi) is 4.07. The van der Waals surface area contributed by atoms with E-state index in [2.05, 4.69) is 10.6 Å². The molecule has 1 amide bonds. The fraction of sp³-hybridized carbons (Fsp3) is 0.250. The number of carboxylic acids is 1. The van der Waals surface area contributed by atoms with E-state index in [1.807, 2.05) is 0 Å². The van der Waals surface area contributed by atoms with E-state index >= 15 is 0 Å². The Balaban J connectivity index is 2.66. The lowest BCUT2D eigenvalue weighted by atomic mass is 10.3. The van der Waals surface area contributed by atoms with Gasteiger partial charge >= 0.3 is 5.97 Å². The number of hydrogen-bond donors (Lipinski definition) is 3. The molecule has 1 heterocycles. The lowest BCUT2D eigenvalue weighted by molar-refractivity contribution is -0.142. The van der Waals surface area contributed by atoms with Crippen molar-refractivity contribution in [3.63, 3.8) is 0 Å². The summed E-state index contributed by atoms with van der Waals surface area (Å²) in [6.45, 7) is 0. The van der Waals surface area contributed by atoms with Crippen LogP contribution in [0.5, 0.6) is 0 Å². The van der Waals surface area contributed by atoms with Crippen molar-refractivity contribution in [1.29, 1.82) is 0 Å². The standard InChI is InChI=1S/C8H9ClN2O3S/c1-10-6(8(13)14)7(12)11-5-3-2-4(9)15-5/h2-3,6,10H,1H3,(H,11,12)(H,13,14). The number of anilines is 1. The maximum absolute atomic E-state index is 11.4. The van der Waals surface area contributed by atoms with Crippen molar-refractivity contribution < 1.29 is 14.7 Å². The third-order valence-electron chi connectivity index (χ3n) is 1.62. The largest absolute Gasteiger partial charge is 0.480 e. The predicted molar refractivity (Wildman–Crippen MR) is 58.4 cm³/mol. The Bertz CT molecular complexity index is 380. The third kappa shape index (κ3) is 3.19. The highest BCUT2D eigenvalue weighted by molar-refractivity contribution is 7.20. The van der Waals surface area contributed by atoms with Crippen molar-refractivity contribution in [2.75, 3.05) is 12.4 Å². The number of halogens is 1. The first-order valence-electron chi connectivity index (χ1n) is 4.01. The zero-order valence-electron chi connectivity index (χ0n) is 7.78. The minimum Gasteiger partial charge on any atom is -0.480 e. The van der Waals surface area contributed by atoms with Crippen molar-refractivity contribution in [3.05, 3.63) is 16.5 Å². The predicted octanol–water partition coefficient (Wildman–Crippen LogP) is 1.01. The maximum atomic E-state index is 11.4. The van der Waals surface area contributed by atoms with Crippen molar-refractivity contribution in [1.82, 2.24) is 5.32 Å². The van der Waals surface area contributed by atoms with Gasteiger partial charge in [0, 0.05) is 0 Å². The van der Waals surface area contributed by atoms with Crippen molar-refractivity contribution >= 4 is 39.8 Å².